The van der Waals surface area contributed by atoms with E-state index in [4.69, 9.17) is 16.4 Å². The molecule has 1 aliphatic carbocycles. The molecule has 1 saturated heterocycles. The van der Waals surface area contributed by atoms with Gasteiger partial charge in [0.1, 0.15) is 0 Å². The first-order chi connectivity index (χ1) is 17.2. The van der Waals surface area contributed by atoms with Crippen molar-refractivity contribution in [2.75, 3.05) is 13.1 Å². The highest BCUT2D eigenvalue weighted by atomic mass is 35.5. The Morgan fingerprint density at radius 3 is 2.24 bits per heavy atom. The molecular weight excluding hydrogens is 529 g/mol. The Morgan fingerprint density at radius 2 is 1.68 bits per heavy atom. The minimum absolute atomic E-state index is 0.0944. The van der Waals surface area contributed by atoms with Crippen molar-refractivity contribution in [1.82, 2.24) is 4.90 Å². The second kappa shape index (κ2) is 8.61. The molecule has 2 fully saturated rings. The van der Waals surface area contributed by atoms with Gasteiger partial charge in [-0.2, -0.15) is 26.3 Å². The number of benzene rings is 2. The van der Waals surface area contributed by atoms with Crippen LogP contribution in [0, 0.1) is 5.92 Å². The number of hydrogen-bond donors (Lipinski definition) is 0. The van der Waals surface area contributed by atoms with Crippen molar-refractivity contribution in [2.45, 2.75) is 49.3 Å². The number of nitrogens with zero attached hydrogens (tertiary/aromatic N) is 2. The Kier molecular flexibility index (Phi) is 6.01. The van der Waals surface area contributed by atoms with Crippen molar-refractivity contribution in [2.24, 2.45) is 11.1 Å². The molecule has 37 heavy (non-hydrogen) atoms. The average molecular weight is 549 g/mol. The summed E-state index contributed by atoms with van der Waals surface area (Å²) in [6.07, 6.45) is -8.54. The highest BCUT2D eigenvalue weighted by molar-refractivity contribution is 6.30. The Labute approximate surface area is 212 Å². The van der Waals surface area contributed by atoms with Gasteiger partial charge in [-0.25, -0.2) is 4.39 Å². The fraction of sp³-hybridized carbons (Fsp3) is 0.440. The van der Waals surface area contributed by atoms with Gasteiger partial charge >= 0.3 is 12.4 Å². The molecule has 198 valence electrons. The van der Waals surface area contributed by atoms with Crippen LogP contribution in [0.15, 0.2) is 47.6 Å². The van der Waals surface area contributed by atoms with Crippen LogP contribution in [0.25, 0.3) is 0 Å². The molecule has 0 radical (unpaired) electrons. The molecule has 2 aromatic carbocycles. The van der Waals surface area contributed by atoms with E-state index in [1.165, 1.54) is 29.2 Å². The van der Waals surface area contributed by atoms with E-state index in [1.54, 1.807) is 0 Å². The highest BCUT2D eigenvalue weighted by Gasteiger charge is 2.62. The van der Waals surface area contributed by atoms with Gasteiger partial charge in [-0.15, -0.1) is 0 Å². The van der Waals surface area contributed by atoms with Gasteiger partial charge in [-0.3, -0.25) is 4.79 Å². The molecule has 0 spiro atoms. The van der Waals surface area contributed by atoms with E-state index in [-0.39, 0.29) is 35.8 Å². The summed E-state index contributed by atoms with van der Waals surface area (Å²) in [5.41, 5.74) is -6.84. The molecule has 1 atom stereocenters. The number of amides is 1. The Bertz CT molecular complexity index is 1250. The third-order valence-electron chi connectivity index (χ3n) is 7.01. The third-order valence-corrected chi connectivity index (χ3v) is 7.23. The zero-order valence-corrected chi connectivity index (χ0v) is 19.9. The first kappa shape index (κ1) is 25.8. The molecule has 0 N–H and O–H groups in total. The zero-order chi connectivity index (χ0) is 26.8. The van der Waals surface area contributed by atoms with Crippen molar-refractivity contribution in [1.29, 1.82) is 0 Å². The average Bonchev–Trinajstić information content (AvgIpc) is 3.48. The number of halogens is 8. The molecule has 0 aromatic heterocycles. The standard InChI is InChI=1S/C25H20ClF7N2O2/c26-19-9-17(8-18(10-19)24(28,29)30)23(25(31,32)33)11-20(34-37-23)15-3-5-16(6-4-15)22(27)12-35(13-22)21(36)7-14-1-2-14/h3-6,8-10,14H,1-2,7,11-13H2. The van der Waals surface area contributed by atoms with Crippen molar-refractivity contribution < 1.29 is 40.4 Å². The number of rotatable bonds is 5. The molecule has 1 unspecified atom stereocenters. The number of carbonyl (C=O) groups is 1. The maximum absolute atomic E-state index is 15.3. The van der Waals surface area contributed by atoms with Crippen LogP contribution in [0.5, 0.6) is 0 Å². The second-order valence-electron chi connectivity index (χ2n) is 9.80. The molecule has 3 aliphatic rings. The fourth-order valence-electron chi connectivity index (χ4n) is 4.62. The van der Waals surface area contributed by atoms with E-state index in [2.05, 4.69) is 5.16 Å². The van der Waals surface area contributed by atoms with Crippen molar-refractivity contribution in [3.8, 4) is 0 Å². The molecule has 2 heterocycles. The summed E-state index contributed by atoms with van der Waals surface area (Å²) in [7, 11) is 0. The van der Waals surface area contributed by atoms with E-state index >= 15 is 4.39 Å². The van der Waals surface area contributed by atoms with Gasteiger partial charge in [0, 0.05) is 23.4 Å². The maximum Gasteiger partial charge on any atom is 0.435 e. The Morgan fingerprint density at radius 1 is 1.03 bits per heavy atom. The first-order valence-corrected chi connectivity index (χ1v) is 11.9. The lowest BCUT2D eigenvalue weighted by atomic mass is 9.84. The lowest BCUT2D eigenvalue weighted by molar-refractivity contribution is -0.276. The van der Waals surface area contributed by atoms with Gasteiger partial charge in [0.05, 0.1) is 24.4 Å². The van der Waals surface area contributed by atoms with E-state index in [0.717, 1.165) is 18.9 Å². The van der Waals surface area contributed by atoms with Crippen LogP contribution in [0.4, 0.5) is 30.7 Å². The summed E-state index contributed by atoms with van der Waals surface area (Å²) in [6.45, 7) is -0.203. The lowest BCUT2D eigenvalue weighted by Gasteiger charge is -2.45. The van der Waals surface area contributed by atoms with Crippen LogP contribution in [0.1, 0.15) is 47.9 Å². The topological polar surface area (TPSA) is 41.9 Å². The Balaban J connectivity index is 1.34. The van der Waals surface area contributed by atoms with Gasteiger partial charge in [-0.05, 0) is 48.1 Å². The quantitative estimate of drug-likeness (QED) is 0.388. The minimum Gasteiger partial charge on any atom is -0.374 e. The normalized spacial score (nSPS) is 23.4. The summed E-state index contributed by atoms with van der Waals surface area (Å²) in [6, 6.07) is 7.19. The number of alkyl halides is 7. The van der Waals surface area contributed by atoms with Gasteiger partial charge < -0.3 is 9.74 Å². The van der Waals surface area contributed by atoms with Crippen LogP contribution < -0.4 is 0 Å². The maximum atomic E-state index is 15.3. The van der Waals surface area contributed by atoms with E-state index in [1.807, 2.05) is 0 Å². The summed E-state index contributed by atoms with van der Waals surface area (Å²) >= 11 is 5.72. The molecule has 5 rings (SSSR count). The molecule has 1 amide bonds. The zero-order valence-electron chi connectivity index (χ0n) is 19.1. The summed E-state index contributed by atoms with van der Waals surface area (Å²) in [5, 5.41) is 3.01. The molecule has 4 nitrogen and oxygen atoms in total. The minimum atomic E-state index is -5.13. The lowest BCUT2D eigenvalue weighted by Crippen LogP contribution is -2.58. The monoisotopic (exact) mass is 548 g/mol. The summed E-state index contributed by atoms with van der Waals surface area (Å²) in [4.78, 5) is 18.4. The molecular formula is C25H20ClF7N2O2. The number of oxime groups is 1. The number of likely N-dealkylation sites (tertiary alicyclic amines) is 1. The first-order valence-electron chi connectivity index (χ1n) is 11.5. The molecule has 12 heteroatoms. The van der Waals surface area contributed by atoms with Crippen molar-refractivity contribution in [3.05, 3.63) is 69.7 Å². The molecule has 2 aromatic rings. The predicted molar refractivity (Wildman–Crippen MR) is 120 cm³/mol. The molecule has 2 aliphatic heterocycles. The van der Waals surface area contributed by atoms with Gasteiger partial charge in [0.15, 0.2) is 5.67 Å². The Hall–Kier alpha value is -2.82. The summed E-state index contributed by atoms with van der Waals surface area (Å²) < 4.78 is 97.6. The van der Waals surface area contributed by atoms with E-state index in [0.29, 0.717) is 24.5 Å². The van der Waals surface area contributed by atoms with Gasteiger partial charge in [0.25, 0.3) is 5.60 Å². The van der Waals surface area contributed by atoms with Gasteiger partial charge in [-0.1, -0.05) is 41.0 Å². The van der Waals surface area contributed by atoms with Crippen molar-refractivity contribution in [3.63, 3.8) is 0 Å². The van der Waals surface area contributed by atoms with E-state index < -0.39 is 46.2 Å². The largest absolute Gasteiger partial charge is 0.435 e. The third kappa shape index (κ3) is 4.78. The summed E-state index contributed by atoms with van der Waals surface area (Å²) in [5.74, 6) is 0.287. The van der Waals surface area contributed by atoms with Crippen LogP contribution in [-0.2, 0) is 27.1 Å². The highest BCUT2D eigenvalue weighted by Crippen LogP contribution is 2.50. The van der Waals surface area contributed by atoms with Gasteiger partial charge in [0.2, 0.25) is 5.91 Å². The van der Waals surface area contributed by atoms with E-state index in [9.17, 15) is 31.1 Å². The van der Waals surface area contributed by atoms with Crippen molar-refractivity contribution >= 4 is 23.2 Å². The second-order valence-corrected chi connectivity index (χ2v) is 10.2. The number of carbonyl (C=O) groups excluding carboxylic acids is 1. The van der Waals surface area contributed by atoms with Crippen LogP contribution in [0.2, 0.25) is 5.02 Å². The number of hydrogen-bond acceptors (Lipinski definition) is 3. The smallest absolute Gasteiger partial charge is 0.374 e. The van der Waals surface area contributed by atoms with Crippen LogP contribution >= 0.6 is 11.6 Å². The predicted octanol–water partition coefficient (Wildman–Crippen LogP) is 6.75. The molecule has 0 bridgehead atoms. The van der Waals surface area contributed by atoms with Crippen LogP contribution in [0.3, 0.4) is 0 Å². The molecule has 1 saturated carbocycles. The fourth-order valence-corrected chi connectivity index (χ4v) is 4.86. The van der Waals surface area contributed by atoms with Crippen LogP contribution in [-0.4, -0.2) is 35.8 Å². The SMILES string of the molecule is O=C(CC1CC1)N1CC(F)(c2ccc(C3=NOC(c4cc(Cl)cc(C(F)(F)F)c4)(C(F)(F)F)C3)cc2)C1.